The van der Waals surface area contributed by atoms with Gasteiger partial charge in [-0.25, -0.2) is 0 Å². The van der Waals surface area contributed by atoms with Gasteiger partial charge in [0.05, 0.1) is 19.6 Å². The molecule has 13 heteroatoms. The number of primary amides is 1. The van der Waals surface area contributed by atoms with E-state index in [4.69, 9.17) is 17.2 Å². The van der Waals surface area contributed by atoms with Gasteiger partial charge < -0.3 is 38.5 Å². The number of hydrogen-bond donors (Lipinski definition) is 7. The van der Waals surface area contributed by atoms with Gasteiger partial charge in [0.15, 0.2) is 0 Å². The van der Waals surface area contributed by atoms with Gasteiger partial charge >= 0.3 is 0 Å². The number of hydrogen-bond acceptors (Lipinski definition) is 8. The number of carbonyl (C=O) groups is 5. The lowest BCUT2D eigenvalue weighted by Crippen LogP contribution is -2.55. The van der Waals surface area contributed by atoms with Crippen LogP contribution in [-0.4, -0.2) is 91.8 Å². The Labute approximate surface area is 222 Å². The van der Waals surface area contributed by atoms with Crippen molar-refractivity contribution in [2.24, 2.45) is 17.2 Å². The molecule has 0 radical (unpaired) electrons. The number of carbonyl (C=O) groups excluding carboxylic acids is 5. The number of rotatable bonds is 15. The second-order valence-corrected chi connectivity index (χ2v) is 9.31. The molecule has 0 aromatic heterocycles. The first-order valence-corrected chi connectivity index (χ1v) is 12.8. The van der Waals surface area contributed by atoms with Crippen LogP contribution in [0.2, 0.25) is 0 Å². The Morgan fingerprint density at radius 1 is 0.921 bits per heavy atom. The van der Waals surface area contributed by atoms with Crippen LogP contribution in [-0.2, 0) is 30.4 Å². The third-order valence-corrected chi connectivity index (χ3v) is 6.20. The van der Waals surface area contributed by atoms with Crippen molar-refractivity contribution in [1.29, 1.82) is 0 Å². The molecule has 1 aliphatic rings. The van der Waals surface area contributed by atoms with Crippen LogP contribution in [0.25, 0.3) is 0 Å². The Hall–Kier alpha value is -3.55. The summed E-state index contributed by atoms with van der Waals surface area (Å²) in [4.78, 5) is 63.2. The van der Waals surface area contributed by atoms with E-state index in [0.717, 1.165) is 5.56 Å². The minimum Gasteiger partial charge on any atom is -0.369 e. The fourth-order valence-electron chi connectivity index (χ4n) is 4.20. The normalized spacial score (nSPS) is 15.6. The van der Waals surface area contributed by atoms with E-state index in [0.29, 0.717) is 45.3 Å². The lowest BCUT2D eigenvalue weighted by atomic mass is 10.0. The first kappa shape index (κ1) is 30.7. The highest BCUT2D eigenvalue weighted by molar-refractivity contribution is 5.93. The minimum absolute atomic E-state index is 0.0893. The van der Waals surface area contributed by atoms with E-state index in [1.54, 1.807) is 0 Å². The molecule has 1 aromatic carbocycles. The molecule has 0 aliphatic carbocycles. The van der Waals surface area contributed by atoms with Gasteiger partial charge in [-0.1, -0.05) is 30.3 Å². The molecule has 1 saturated heterocycles. The predicted molar refractivity (Wildman–Crippen MR) is 141 cm³/mol. The van der Waals surface area contributed by atoms with Crippen LogP contribution in [0.3, 0.4) is 0 Å². The SMILES string of the molecule is NCCC[C@@H](NC(=O)CNC(=O)[C@@H](Cc1ccccc1)NC(=O)CN)C(=O)NC1CCN(CC(N)=O)CC1. The van der Waals surface area contributed by atoms with Crippen LogP contribution < -0.4 is 38.5 Å². The fourth-order valence-corrected chi connectivity index (χ4v) is 4.20. The van der Waals surface area contributed by atoms with E-state index in [9.17, 15) is 24.0 Å². The van der Waals surface area contributed by atoms with Crippen molar-refractivity contribution >= 4 is 29.5 Å². The highest BCUT2D eigenvalue weighted by Crippen LogP contribution is 2.11. The zero-order valence-corrected chi connectivity index (χ0v) is 21.6. The summed E-state index contributed by atoms with van der Waals surface area (Å²) in [5.41, 5.74) is 17.1. The first-order chi connectivity index (χ1) is 18.2. The van der Waals surface area contributed by atoms with Crippen molar-refractivity contribution < 1.29 is 24.0 Å². The Balaban J connectivity index is 1.89. The molecule has 0 bridgehead atoms. The molecule has 0 saturated carbocycles. The summed E-state index contributed by atoms with van der Waals surface area (Å²) in [6.07, 6.45) is 2.39. The zero-order valence-electron chi connectivity index (χ0n) is 21.6. The summed E-state index contributed by atoms with van der Waals surface area (Å²) < 4.78 is 0. The maximum Gasteiger partial charge on any atom is 0.243 e. The van der Waals surface area contributed by atoms with E-state index >= 15 is 0 Å². The maximum atomic E-state index is 12.9. The van der Waals surface area contributed by atoms with Gasteiger partial charge in [-0.05, 0) is 37.8 Å². The van der Waals surface area contributed by atoms with Crippen LogP contribution in [0.4, 0.5) is 0 Å². The van der Waals surface area contributed by atoms with Crippen LogP contribution in [0.5, 0.6) is 0 Å². The smallest absolute Gasteiger partial charge is 0.243 e. The molecule has 38 heavy (non-hydrogen) atoms. The quantitative estimate of drug-likeness (QED) is 0.124. The lowest BCUT2D eigenvalue weighted by molar-refractivity contribution is -0.131. The van der Waals surface area contributed by atoms with Crippen molar-refractivity contribution in [3.05, 3.63) is 35.9 Å². The summed E-state index contributed by atoms with van der Waals surface area (Å²) in [6, 6.07) is 7.30. The lowest BCUT2D eigenvalue weighted by Gasteiger charge is -2.32. The number of piperidine rings is 1. The Morgan fingerprint density at radius 3 is 2.18 bits per heavy atom. The molecular formula is C25H40N8O5. The molecular weight excluding hydrogens is 492 g/mol. The molecule has 210 valence electrons. The van der Waals surface area contributed by atoms with Crippen molar-refractivity contribution in [3.63, 3.8) is 0 Å². The molecule has 0 spiro atoms. The summed E-state index contributed by atoms with van der Waals surface area (Å²) in [5.74, 6) is -2.31. The molecule has 13 nitrogen and oxygen atoms in total. The van der Waals surface area contributed by atoms with Crippen LogP contribution >= 0.6 is 0 Å². The summed E-state index contributed by atoms with van der Waals surface area (Å²) in [6.45, 7) is 1.14. The molecule has 0 unspecified atom stereocenters. The van der Waals surface area contributed by atoms with E-state index in [2.05, 4.69) is 21.3 Å². The largest absolute Gasteiger partial charge is 0.369 e. The topological polar surface area (TPSA) is 215 Å². The second kappa shape index (κ2) is 16.3. The Kier molecular flexibility index (Phi) is 13.2. The summed E-state index contributed by atoms with van der Waals surface area (Å²) in [7, 11) is 0. The number of nitrogens with zero attached hydrogens (tertiary/aromatic N) is 1. The monoisotopic (exact) mass is 532 g/mol. The van der Waals surface area contributed by atoms with E-state index in [1.165, 1.54) is 0 Å². The second-order valence-electron chi connectivity index (χ2n) is 9.31. The van der Waals surface area contributed by atoms with E-state index < -0.39 is 35.7 Å². The van der Waals surface area contributed by atoms with Gasteiger partial charge in [-0.3, -0.25) is 28.9 Å². The minimum atomic E-state index is -0.919. The maximum absolute atomic E-state index is 12.9. The average Bonchev–Trinajstić information content (AvgIpc) is 2.90. The molecule has 10 N–H and O–H groups in total. The van der Waals surface area contributed by atoms with Gasteiger partial charge in [0.1, 0.15) is 12.1 Å². The highest BCUT2D eigenvalue weighted by Gasteiger charge is 2.27. The summed E-state index contributed by atoms with van der Waals surface area (Å²) in [5, 5.41) is 10.7. The van der Waals surface area contributed by atoms with Crippen LogP contribution in [0, 0.1) is 0 Å². The molecule has 1 fully saturated rings. The predicted octanol–water partition coefficient (Wildman–Crippen LogP) is -2.92. The number of nitrogens with one attached hydrogen (secondary N) is 4. The molecule has 2 rings (SSSR count). The number of nitrogens with two attached hydrogens (primary N) is 3. The zero-order chi connectivity index (χ0) is 27.9. The third kappa shape index (κ3) is 11.2. The number of likely N-dealkylation sites (tertiary alicyclic amines) is 1. The Morgan fingerprint density at radius 2 is 1.58 bits per heavy atom. The third-order valence-electron chi connectivity index (χ3n) is 6.20. The van der Waals surface area contributed by atoms with Gasteiger partial charge in [0.2, 0.25) is 29.5 Å². The van der Waals surface area contributed by atoms with Crippen LogP contribution in [0.1, 0.15) is 31.2 Å². The average molecular weight is 533 g/mol. The highest BCUT2D eigenvalue weighted by atomic mass is 16.2. The van der Waals surface area contributed by atoms with Crippen molar-refractivity contribution in [1.82, 2.24) is 26.2 Å². The molecule has 1 heterocycles. The van der Waals surface area contributed by atoms with Crippen LogP contribution in [0.15, 0.2) is 30.3 Å². The molecule has 2 atom stereocenters. The molecule has 1 aliphatic heterocycles. The van der Waals surface area contributed by atoms with E-state index in [1.807, 2.05) is 35.2 Å². The van der Waals surface area contributed by atoms with E-state index in [-0.39, 0.29) is 38.0 Å². The molecule has 5 amide bonds. The van der Waals surface area contributed by atoms with Gasteiger partial charge in [-0.2, -0.15) is 0 Å². The number of amides is 5. The van der Waals surface area contributed by atoms with Gasteiger partial charge in [0.25, 0.3) is 0 Å². The first-order valence-electron chi connectivity index (χ1n) is 12.8. The van der Waals surface area contributed by atoms with Crippen molar-refractivity contribution in [2.75, 3.05) is 39.3 Å². The standard InChI is InChI=1S/C25H40N8O5/c26-10-4-7-19(25(38)30-18-8-11-33(12-9-18)16-21(28)34)31-23(36)15-29-24(37)20(32-22(35)14-27)13-17-5-2-1-3-6-17/h1-3,5-6,18-20H,4,7-16,26-27H2,(H2,28,34)(H,29,37)(H,30,38)(H,31,36)(H,32,35)/t19-,20-/m1/s1. The Bertz CT molecular complexity index is 937. The van der Waals surface area contributed by atoms with Crippen molar-refractivity contribution in [2.45, 2.75) is 50.2 Å². The van der Waals surface area contributed by atoms with Crippen molar-refractivity contribution in [3.8, 4) is 0 Å². The molecule has 1 aromatic rings. The van der Waals surface area contributed by atoms with Gasteiger partial charge in [0, 0.05) is 25.6 Å². The van der Waals surface area contributed by atoms with Gasteiger partial charge in [-0.15, -0.1) is 0 Å². The summed E-state index contributed by atoms with van der Waals surface area (Å²) >= 11 is 0. The fraction of sp³-hybridized carbons (Fsp3) is 0.560. The number of benzene rings is 1.